The molecule has 0 radical (unpaired) electrons. The molecule has 1 aromatic rings. The molecule has 1 aromatic heterocycles. The number of nitrogens with zero attached hydrogens (tertiary/aromatic N) is 1. The molecular weight excluding hydrogens is 284 g/mol. The van der Waals surface area contributed by atoms with Crippen LogP contribution in [0.4, 0.5) is 0 Å². The van der Waals surface area contributed by atoms with Crippen molar-refractivity contribution in [2.24, 2.45) is 0 Å². The van der Waals surface area contributed by atoms with Crippen LogP contribution in [0, 0.1) is 0 Å². The molecule has 0 aliphatic carbocycles. The fraction of sp³-hybridized carbons (Fsp3) is 0.583. The lowest BCUT2D eigenvalue weighted by molar-refractivity contribution is 0.0569. The molecule has 1 amide bonds. The first-order valence-electron chi connectivity index (χ1n) is 5.98. The zero-order chi connectivity index (χ0) is 12.3. The minimum absolute atomic E-state index is 0.0360. The number of rotatable bonds is 3. The van der Waals surface area contributed by atoms with Crippen LogP contribution < -0.4 is 0 Å². The second-order valence-corrected chi connectivity index (χ2v) is 5.31. The molecule has 0 spiro atoms. The molecule has 0 aromatic carbocycles. The summed E-state index contributed by atoms with van der Waals surface area (Å²) in [5, 5.41) is 9.04. The van der Waals surface area contributed by atoms with Crippen LogP contribution in [-0.2, 0) is 0 Å². The predicted octanol–water partition coefficient (Wildman–Crippen LogP) is 2.15. The van der Waals surface area contributed by atoms with E-state index in [-0.39, 0.29) is 18.6 Å². The van der Waals surface area contributed by atoms with E-state index in [1.807, 2.05) is 4.90 Å². The molecule has 1 atom stereocenters. The van der Waals surface area contributed by atoms with E-state index in [1.165, 1.54) is 0 Å². The summed E-state index contributed by atoms with van der Waals surface area (Å²) in [5.41, 5.74) is 0.613. The number of hydrogen-bond acceptors (Lipinski definition) is 2. The molecule has 2 rings (SSSR count). The standard InChI is InChI=1S/C12H17BrN2O2/c13-9-7-11(14-8-9)12(17)15-5-2-1-3-10(15)4-6-16/h7-8,10,14,16H,1-6H2. The third kappa shape index (κ3) is 2.90. The second kappa shape index (κ2) is 5.69. The molecule has 1 saturated heterocycles. The number of likely N-dealkylation sites (tertiary alicyclic amines) is 1. The Morgan fingerprint density at radius 1 is 1.59 bits per heavy atom. The molecule has 1 fully saturated rings. The van der Waals surface area contributed by atoms with Gasteiger partial charge in [-0.05, 0) is 47.7 Å². The van der Waals surface area contributed by atoms with Gasteiger partial charge in [-0.25, -0.2) is 0 Å². The third-order valence-electron chi connectivity index (χ3n) is 3.23. The summed E-state index contributed by atoms with van der Waals surface area (Å²) in [6, 6.07) is 1.98. The van der Waals surface area contributed by atoms with Crippen molar-refractivity contribution in [2.75, 3.05) is 13.2 Å². The van der Waals surface area contributed by atoms with Gasteiger partial charge in [0.25, 0.3) is 5.91 Å². The molecule has 17 heavy (non-hydrogen) atoms. The number of nitrogens with one attached hydrogen (secondary N) is 1. The van der Waals surface area contributed by atoms with Crippen LogP contribution in [0.25, 0.3) is 0 Å². The van der Waals surface area contributed by atoms with Crippen molar-refractivity contribution in [3.63, 3.8) is 0 Å². The van der Waals surface area contributed by atoms with E-state index >= 15 is 0 Å². The van der Waals surface area contributed by atoms with Gasteiger partial charge in [-0.15, -0.1) is 0 Å². The molecule has 0 saturated carbocycles. The maximum atomic E-state index is 12.3. The molecule has 1 unspecified atom stereocenters. The average Bonchev–Trinajstić information content (AvgIpc) is 2.76. The summed E-state index contributed by atoms with van der Waals surface area (Å²) in [7, 11) is 0. The molecule has 5 heteroatoms. The number of aromatic amines is 1. The van der Waals surface area contributed by atoms with Crippen LogP contribution in [0.5, 0.6) is 0 Å². The highest BCUT2D eigenvalue weighted by Gasteiger charge is 2.27. The van der Waals surface area contributed by atoms with Gasteiger partial charge in [0.2, 0.25) is 0 Å². The number of aliphatic hydroxyl groups is 1. The van der Waals surface area contributed by atoms with Gasteiger partial charge < -0.3 is 15.0 Å². The Morgan fingerprint density at radius 2 is 2.41 bits per heavy atom. The lowest BCUT2D eigenvalue weighted by atomic mass is 9.99. The number of H-pyrrole nitrogens is 1. The van der Waals surface area contributed by atoms with Crippen LogP contribution in [0.3, 0.4) is 0 Å². The second-order valence-electron chi connectivity index (χ2n) is 4.39. The maximum Gasteiger partial charge on any atom is 0.270 e. The van der Waals surface area contributed by atoms with Gasteiger partial charge in [-0.1, -0.05) is 0 Å². The Bertz CT molecular complexity index is 390. The van der Waals surface area contributed by atoms with Gasteiger partial charge in [0.1, 0.15) is 5.69 Å². The van der Waals surface area contributed by atoms with Crippen LogP contribution in [0.2, 0.25) is 0 Å². The average molecular weight is 301 g/mol. The molecular formula is C12H17BrN2O2. The first-order chi connectivity index (χ1) is 8.22. The highest BCUT2D eigenvalue weighted by Crippen LogP contribution is 2.22. The number of aliphatic hydroxyl groups excluding tert-OH is 1. The minimum Gasteiger partial charge on any atom is -0.396 e. The van der Waals surface area contributed by atoms with Crippen molar-refractivity contribution in [3.05, 3.63) is 22.4 Å². The zero-order valence-electron chi connectivity index (χ0n) is 9.66. The van der Waals surface area contributed by atoms with Crippen molar-refractivity contribution >= 4 is 21.8 Å². The Labute approximate surface area is 109 Å². The largest absolute Gasteiger partial charge is 0.396 e. The fourth-order valence-electron chi connectivity index (χ4n) is 2.36. The molecule has 1 aliphatic heterocycles. The number of carbonyl (C=O) groups excluding carboxylic acids is 1. The van der Waals surface area contributed by atoms with E-state index < -0.39 is 0 Å². The normalized spacial score (nSPS) is 20.6. The summed E-state index contributed by atoms with van der Waals surface area (Å²) in [6.07, 6.45) is 5.62. The lowest BCUT2D eigenvalue weighted by Crippen LogP contribution is -2.44. The molecule has 2 N–H and O–H groups in total. The van der Waals surface area contributed by atoms with Crippen molar-refractivity contribution in [2.45, 2.75) is 31.7 Å². The van der Waals surface area contributed by atoms with E-state index in [0.29, 0.717) is 12.1 Å². The summed E-state index contributed by atoms with van der Waals surface area (Å²) in [6.45, 7) is 0.934. The molecule has 1 aliphatic rings. The monoisotopic (exact) mass is 300 g/mol. The van der Waals surface area contributed by atoms with Crippen LogP contribution in [0.15, 0.2) is 16.7 Å². The Hall–Kier alpha value is -0.810. The summed E-state index contributed by atoms with van der Waals surface area (Å²) in [5.74, 6) is 0.0360. The number of piperidine rings is 1. The SMILES string of the molecule is O=C(c1cc(Br)c[nH]1)N1CCCCC1CCO. The molecule has 0 bridgehead atoms. The third-order valence-corrected chi connectivity index (χ3v) is 3.69. The number of halogens is 1. The number of carbonyl (C=O) groups is 1. The van der Waals surface area contributed by atoms with Crippen molar-refractivity contribution < 1.29 is 9.90 Å². The first-order valence-corrected chi connectivity index (χ1v) is 6.77. The van der Waals surface area contributed by atoms with E-state index in [1.54, 1.807) is 12.3 Å². The number of hydrogen-bond donors (Lipinski definition) is 2. The van der Waals surface area contributed by atoms with E-state index in [4.69, 9.17) is 5.11 Å². The highest BCUT2D eigenvalue weighted by molar-refractivity contribution is 9.10. The smallest absolute Gasteiger partial charge is 0.270 e. The summed E-state index contributed by atoms with van der Waals surface area (Å²) < 4.78 is 0.886. The topological polar surface area (TPSA) is 56.3 Å². The minimum atomic E-state index is 0.0360. The van der Waals surface area contributed by atoms with Gasteiger partial charge in [-0.3, -0.25) is 4.79 Å². The van der Waals surface area contributed by atoms with Crippen molar-refractivity contribution in [1.29, 1.82) is 0 Å². The van der Waals surface area contributed by atoms with E-state index in [0.717, 1.165) is 30.3 Å². The lowest BCUT2D eigenvalue weighted by Gasteiger charge is -2.35. The molecule has 4 nitrogen and oxygen atoms in total. The van der Waals surface area contributed by atoms with E-state index in [9.17, 15) is 4.79 Å². The Morgan fingerprint density at radius 3 is 3.06 bits per heavy atom. The van der Waals surface area contributed by atoms with Crippen LogP contribution in [-0.4, -0.2) is 40.1 Å². The summed E-state index contributed by atoms with van der Waals surface area (Å²) >= 11 is 3.33. The quantitative estimate of drug-likeness (QED) is 0.899. The first kappa shape index (κ1) is 12.6. The van der Waals surface area contributed by atoms with Gasteiger partial charge in [0, 0.05) is 29.9 Å². The molecule has 94 valence electrons. The highest BCUT2D eigenvalue weighted by atomic mass is 79.9. The van der Waals surface area contributed by atoms with Gasteiger partial charge >= 0.3 is 0 Å². The van der Waals surface area contributed by atoms with Crippen LogP contribution in [0.1, 0.15) is 36.2 Å². The Kier molecular flexibility index (Phi) is 4.23. The van der Waals surface area contributed by atoms with Crippen molar-refractivity contribution in [1.82, 2.24) is 9.88 Å². The fourth-order valence-corrected chi connectivity index (χ4v) is 2.71. The van der Waals surface area contributed by atoms with Gasteiger partial charge in [0.15, 0.2) is 0 Å². The molecule has 2 heterocycles. The number of aromatic nitrogens is 1. The zero-order valence-corrected chi connectivity index (χ0v) is 11.2. The van der Waals surface area contributed by atoms with Gasteiger partial charge in [0.05, 0.1) is 0 Å². The maximum absolute atomic E-state index is 12.3. The van der Waals surface area contributed by atoms with E-state index in [2.05, 4.69) is 20.9 Å². The van der Waals surface area contributed by atoms with Gasteiger partial charge in [-0.2, -0.15) is 0 Å². The van der Waals surface area contributed by atoms with Crippen LogP contribution >= 0.6 is 15.9 Å². The Balaban J connectivity index is 2.10. The van der Waals surface area contributed by atoms with Crippen molar-refractivity contribution in [3.8, 4) is 0 Å². The summed E-state index contributed by atoms with van der Waals surface area (Å²) in [4.78, 5) is 17.1. The predicted molar refractivity (Wildman–Crippen MR) is 68.9 cm³/mol. The number of amides is 1.